The van der Waals surface area contributed by atoms with Crippen molar-refractivity contribution in [2.75, 3.05) is 25.5 Å². The van der Waals surface area contributed by atoms with Gasteiger partial charge < -0.3 is 10.1 Å². The van der Waals surface area contributed by atoms with Crippen molar-refractivity contribution in [1.29, 1.82) is 0 Å². The molecule has 0 spiro atoms. The summed E-state index contributed by atoms with van der Waals surface area (Å²) in [6, 6.07) is 5.29. The molecule has 1 aliphatic heterocycles. The predicted molar refractivity (Wildman–Crippen MR) is 99.8 cm³/mol. The minimum Gasteiger partial charge on any atom is -0.495 e. The fourth-order valence-electron chi connectivity index (χ4n) is 2.92. The second kappa shape index (κ2) is 7.90. The summed E-state index contributed by atoms with van der Waals surface area (Å²) in [6.45, 7) is 0.816. The summed E-state index contributed by atoms with van der Waals surface area (Å²) in [5.41, 5.74) is -0.372. The Labute approximate surface area is 161 Å². The van der Waals surface area contributed by atoms with Gasteiger partial charge in [0.15, 0.2) is 0 Å². The topological polar surface area (TPSA) is 132 Å². The van der Waals surface area contributed by atoms with Crippen LogP contribution in [0.15, 0.2) is 41.6 Å². The first kappa shape index (κ1) is 19.7. The van der Waals surface area contributed by atoms with Gasteiger partial charge in [0.05, 0.1) is 12.0 Å². The number of rotatable bonds is 6. The molecule has 11 heteroatoms. The lowest BCUT2D eigenvalue weighted by atomic mass is 10.2. The van der Waals surface area contributed by atoms with E-state index in [4.69, 9.17) is 4.74 Å². The molecule has 0 saturated carbocycles. The summed E-state index contributed by atoms with van der Waals surface area (Å²) in [5.74, 6) is -0.562. The second-order valence-corrected chi connectivity index (χ2v) is 7.99. The van der Waals surface area contributed by atoms with Crippen molar-refractivity contribution >= 4 is 27.3 Å². The smallest absolute Gasteiger partial charge is 0.310 e. The van der Waals surface area contributed by atoms with Crippen LogP contribution in [0.3, 0.4) is 0 Å². The van der Waals surface area contributed by atoms with Crippen molar-refractivity contribution in [3.63, 3.8) is 0 Å². The minimum atomic E-state index is -3.82. The average Bonchev–Trinajstić information content (AvgIpc) is 3.23. The lowest BCUT2D eigenvalue weighted by molar-refractivity contribution is -0.384. The van der Waals surface area contributed by atoms with Gasteiger partial charge in [-0.15, -0.1) is 0 Å². The number of benzene rings is 1. The number of aromatic nitrogens is 1. The van der Waals surface area contributed by atoms with Crippen LogP contribution in [-0.4, -0.2) is 48.7 Å². The first-order valence-electron chi connectivity index (χ1n) is 8.42. The molecule has 1 aromatic carbocycles. The number of anilines is 1. The zero-order valence-corrected chi connectivity index (χ0v) is 15.8. The molecular weight excluding hydrogens is 388 g/mol. The zero-order chi connectivity index (χ0) is 20.3. The Morgan fingerprint density at radius 1 is 1.29 bits per heavy atom. The number of carbonyl (C=O) groups is 1. The Kier molecular flexibility index (Phi) is 5.56. The van der Waals surface area contributed by atoms with Crippen LogP contribution >= 0.6 is 0 Å². The van der Waals surface area contributed by atoms with Crippen molar-refractivity contribution in [1.82, 2.24) is 9.29 Å². The maximum atomic E-state index is 12.9. The van der Waals surface area contributed by atoms with Gasteiger partial charge >= 0.3 is 5.69 Å². The molecule has 0 bridgehead atoms. The molecule has 1 aliphatic rings. The Bertz CT molecular complexity index is 1020. The van der Waals surface area contributed by atoms with Gasteiger partial charge in [-0.3, -0.25) is 19.9 Å². The molecule has 1 aromatic heterocycles. The van der Waals surface area contributed by atoms with E-state index in [1.807, 2.05) is 0 Å². The second-order valence-electron chi connectivity index (χ2n) is 6.08. The molecule has 1 fully saturated rings. The molecule has 1 saturated heterocycles. The van der Waals surface area contributed by atoms with Gasteiger partial charge in [0.1, 0.15) is 22.5 Å². The number of amides is 1. The molecule has 0 aliphatic carbocycles. The van der Waals surface area contributed by atoms with E-state index in [1.54, 1.807) is 0 Å². The summed E-state index contributed by atoms with van der Waals surface area (Å²) >= 11 is 0. The van der Waals surface area contributed by atoms with Gasteiger partial charge in [0.25, 0.3) is 5.91 Å². The molecule has 1 N–H and O–H groups in total. The van der Waals surface area contributed by atoms with Crippen molar-refractivity contribution in [2.24, 2.45) is 0 Å². The van der Waals surface area contributed by atoms with Crippen LogP contribution in [0.4, 0.5) is 11.4 Å². The van der Waals surface area contributed by atoms with Crippen molar-refractivity contribution in [2.45, 2.75) is 17.7 Å². The number of hydrogen-bond donors (Lipinski definition) is 1. The van der Waals surface area contributed by atoms with Gasteiger partial charge in [0, 0.05) is 24.8 Å². The maximum absolute atomic E-state index is 12.9. The minimum absolute atomic E-state index is 0.0321. The van der Waals surface area contributed by atoms with Crippen LogP contribution in [0, 0.1) is 10.1 Å². The fraction of sp³-hybridized carbons (Fsp3) is 0.294. The van der Waals surface area contributed by atoms with Crippen LogP contribution in [0.5, 0.6) is 5.75 Å². The van der Waals surface area contributed by atoms with Crippen LogP contribution in [0.25, 0.3) is 0 Å². The average molecular weight is 406 g/mol. The molecule has 0 radical (unpaired) electrons. The highest BCUT2D eigenvalue weighted by Crippen LogP contribution is 2.30. The number of carbonyl (C=O) groups excluding carboxylic acids is 1. The normalized spacial score (nSPS) is 14.6. The molecule has 2 heterocycles. The summed E-state index contributed by atoms with van der Waals surface area (Å²) in [7, 11) is -2.48. The zero-order valence-electron chi connectivity index (χ0n) is 15.0. The van der Waals surface area contributed by atoms with E-state index in [9.17, 15) is 23.3 Å². The van der Waals surface area contributed by atoms with E-state index < -0.39 is 20.9 Å². The third-order valence-electron chi connectivity index (χ3n) is 4.35. The third-order valence-corrected chi connectivity index (χ3v) is 6.27. The molecule has 0 atom stereocenters. The van der Waals surface area contributed by atoms with Crippen molar-refractivity contribution < 1.29 is 22.9 Å². The first-order valence-corrected chi connectivity index (χ1v) is 9.86. The van der Waals surface area contributed by atoms with E-state index in [-0.39, 0.29) is 27.6 Å². The lowest BCUT2D eigenvalue weighted by Gasteiger charge is -2.18. The van der Waals surface area contributed by atoms with Crippen LogP contribution in [0.1, 0.15) is 23.2 Å². The first-order chi connectivity index (χ1) is 13.3. The van der Waals surface area contributed by atoms with E-state index in [2.05, 4.69) is 10.3 Å². The largest absolute Gasteiger partial charge is 0.495 e. The van der Waals surface area contributed by atoms with Gasteiger partial charge in [0.2, 0.25) is 10.0 Å². The van der Waals surface area contributed by atoms with E-state index in [1.165, 1.54) is 41.9 Å². The molecule has 28 heavy (non-hydrogen) atoms. The number of nitrogens with one attached hydrogen (secondary N) is 1. The van der Waals surface area contributed by atoms with E-state index in [0.29, 0.717) is 13.1 Å². The lowest BCUT2D eigenvalue weighted by Crippen LogP contribution is -2.28. The monoisotopic (exact) mass is 406 g/mol. The Balaban J connectivity index is 1.95. The number of pyridine rings is 1. The van der Waals surface area contributed by atoms with E-state index in [0.717, 1.165) is 19.0 Å². The quantitative estimate of drug-likeness (QED) is 0.573. The van der Waals surface area contributed by atoms with Crippen LogP contribution in [-0.2, 0) is 10.0 Å². The maximum Gasteiger partial charge on any atom is 0.310 e. The Morgan fingerprint density at radius 3 is 2.64 bits per heavy atom. The molecule has 0 unspecified atom stereocenters. The number of nitro groups is 1. The highest BCUT2D eigenvalue weighted by Gasteiger charge is 2.31. The fourth-order valence-corrected chi connectivity index (χ4v) is 4.62. The van der Waals surface area contributed by atoms with Crippen LogP contribution < -0.4 is 10.1 Å². The molecule has 1 amide bonds. The van der Waals surface area contributed by atoms with Gasteiger partial charge in [-0.2, -0.15) is 4.31 Å². The Morgan fingerprint density at radius 2 is 2.00 bits per heavy atom. The summed E-state index contributed by atoms with van der Waals surface area (Å²) in [5, 5.41) is 13.5. The number of ether oxygens (including phenoxy) is 1. The summed E-state index contributed by atoms with van der Waals surface area (Å²) in [6.07, 6.45) is 3.87. The van der Waals surface area contributed by atoms with Crippen LogP contribution in [0.2, 0.25) is 0 Å². The van der Waals surface area contributed by atoms with Gasteiger partial charge in [-0.25, -0.2) is 8.42 Å². The molecule has 3 rings (SSSR count). The van der Waals surface area contributed by atoms with Gasteiger partial charge in [-0.1, -0.05) is 0 Å². The molecule has 148 valence electrons. The summed E-state index contributed by atoms with van der Waals surface area (Å²) < 4.78 is 32.3. The van der Waals surface area contributed by atoms with Crippen molar-refractivity contribution in [3.8, 4) is 5.75 Å². The number of nitrogens with zero attached hydrogens (tertiary/aromatic N) is 3. The highest BCUT2D eigenvalue weighted by molar-refractivity contribution is 7.89. The predicted octanol–water partition coefficient (Wildman–Crippen LogP) is 2.04. The molecule has 2 aromatic rings. The number of sulfonamides is 1. The van der Waals surface area contributed by atoms with Crippen molar-refractivity contribution in [3.05, 3.63) is 52.3 Å². The molecule has 10 nitrogen and oxygen atoms in total. The third kappa shape index (κ3) is 3.80. The Hall–Kier alpha value is -3.05. The SMILES string of the molecule is COc1ccc(C(=O)Nc2ccncc2[N+](=O)[O-])cc1S(=O)(=O)N1CCCC1. The molecular formula is C17H18N4O6S. The van der Waals surface area contributed by atoms with E-state index >= 15 is 0 Å². The number of methoxy groups -OCH3 is 1. The van der Waals surface area contributed by atoms with Gasteiger partial charge in [-0.05, 0) is 37.1 Å². The highest BCUT2D eigenvalue weighted by atomic mass is 32.2. The summed E-state index contributed by atoms with van der Waals surface area (Å²) in [4.78, 5) is 26.5. The number of hydrogen-bond acceptors (Lipinski definition) is 7. The standard InChI is InChI=1S/C17H18N4O6S/c1-27-15-5-4-12(10-16(15)28(25,26)20-8-2-3-9-20)17(22)19-13-6-7-18-11-14(13)21(23)24/h4-7,10-11H,2-3,8-9H2,1H3,(H,18,19,22).